The van der Waals surface area contributed by atoms with Crippen LogP contribution in [0.15, 0.2) is 113 Å². The number of ether oxygens (including phenoxy) is 2. The lowest BCUT2D eigenvalue weighted by Crippen LogP contribution is -2.47. The lowest BCUT2D eigenvalue weighted by molar-refractivity contribution is -0.141. The minimum absolute atomic E-state index is 0.0296. The highest BCUT2D eigenvalue weighted by atomic mass is 79.9. The molecule has 1 unspecified atom stereocenters. The molecule has 1 aliphatic heterocycles. The molecule has 3 N–H and O–H groups in total. The third-order valence-corrected chi connectivity index (χ3v) is 12.9. The van der Waals surface area contributed by atoms with Gasteiger partial charge < -0.3 is 39.7 Å². The molecule has 1 aromatic heterocycles. The second-order valence-electron chi connectivity index (χ2n) is 16.8. The van der Waals surface area contributed by atoms with Crippen LogP contribution in [0.5, 0.6) is 11.5 Å². The molecule has 5 amide bonds. The molecular formula is C50H59BrN8O6S. The van der Waals surface area contributed by atoms with E-state index < -0.39 is 12.1 Å². The Morgan fingerprint density at radius 1 is 0.818 bits per heavy atom. The standard InChI is InChI=1S/C50H59BrN8O6S/c1-56(30-32-65-44-22-16-40(17-23-44)53-49(63)55-50-54-41(35-66-50)33-46(61)58-28-26-57(2)27-29-58)25-6-31-64-43-20-9-36(10-21-43)11-24-45(60)59(42-18-19-42)47(38-12-14-39(51)15-13-38)48(62)52-34-37-7-4-3-5-8-37/h3-5,7-10,12-17,20-23,35,42,47H,6,11,18-19,24-34H2,1-2H3,(H,52,62)(H2,53,54,55,63). The lowest BCUT2D eigenvalue weighted by atomic mass is 10.0. The molecule has 0 spiro atoms. The minimum Gasteiger partial charge on any atom is -0.494 e. The summed E-state index contributed by atoms with van der Waals surface area (Å²) < 4.78 is 12.9. The number of aryl methyl sites for hydroxylation is 1. The Bertz CT molecular complexity index is 2340. The van der Waals surface area contributed by atoms with E-state index in [1.807, 2.05) is 108 Å². The summed E-state index contributed by atoms with van der Waals surface area (Å²) in [4.78, 5) is 65.5. The van der Waals surface area contributed by atoms with Gasteiger partial charge in [0.2, 0.25) is 17.7 Å². The molecule has 2 fully saturated rings. The molecule has 1 aliphatic carbocycles. The van der Waals surface area contributed by atoms with Gasteiger partial charge in [-0.3, -0.25) is 19.7 Å². The van der Waals surface area contributed by atoms with E-state index in [1.165, 1.54) is 11.3 Å². The number of carbonyl (C=O) groups is 4. The highest BCUT2D eigenvalue weighted by Crippen LogP contribution is 2.36. The average Bonchev–Trinajstić information content (AvgIpc) is 4.07. The van der Waals surface area contributed by atoms with Crippen molar-refractivity contribution in [3.05, 3.63) is 135 Å². The first-order valence-electron chi connectivity index (χ1n) is 22.6. The molecule has 2 aliphatic rings. The molecule has 1 atom stereocenters. The maximum Gasteiger partial charge on any atom is 0.325 e. The fourth-order valence-corrected chi connectivity index (χ4v) is 8.60. The van der Waals surface area contributed by atoms with Crippen LogP contribution >= 0.6 is 27.3 Å². The summed E-state index contributed by atoms with van der Waals surface area (Å²) in [5, 5.41) is 10.9. The Balaban J connectivity index is 0.773. The highest BCUT2D eigenvalue weighted by molar-refractivity contribution is 9.10. The van der Waals surface area contributed by atoms with Crippen LogP contribution in [0, 0.1) is 0 Å². The zero-order valence-corrected chi connectivity index (χ0v) is 40.0. The van der Waals surface area contributed by atoms with E-state index in [0.29, 0.717) is 54.9 Å². The molecule has 0 radical (unpaired) electrons. The van der Waals surface area contributed by atoms with Crippen molar-refractivity contribution in [2.24, 2.45) is 0 Å². The van der Waals surface area contributed by atoms with Crippen molar-refractivity contribution in [2.45, 2.75) is 57.2 Å². The third kappa shape index (κ3) is 14.9. The largest absolute Gasteiger partial charge is 0.494 e. The van der Waals surface area contributed by atoms with E-state index in [1.54, 1.807) is 17.5 Å². The number of amides is 5. The summed E-state index contributed by atoms with van der Waals surface area (Å²) in [5.74, 6) is 1.32. The number of thiazole rings is 1. The first kappa shape index (κ1) is 48.1. The number of aromatic nitrogens is 1. The summed E-state index contributed by atoms with van der Waals surface area (Å²) in [6.45, 7) is 6.18. The van der Waals surface area contributed by atoms with Crippen molar-refractivity contribution in [2.75, 3.05) is 77.2 Å². The van der Waals surface area contributed by atoms with E-state index in [9.17, 15) is 19.2 Å². The van der Waals surface area contributed by atoms with Crippen molar-refractivity contribution in [3.63, 3.8) is 0 Å². The van der Waals surface area contributed by atoms with E-state index in [0.717, 1.165) is 85.4 Å². The first-order valence-corrected chi connectivity index (χ1v) is 24.2. The zero-order valence-electron chi connectivity index (χ0n) is 37.6. The molecule has 66 heavy (non-hydrogen) atoms. The Labute approximate surface area is 399 Å². The second-order valence-corrected chi connectivity index (χ2v) is 18.6. The van der Waals surface area contributed by atoms with Gasteiger partial charge in [0.05, 0.1) is 18.7 Å². The molecule has 1 saturated carbocycles. The average molecular weight is 980 g/mol. The van der Waals surface area contributed by atoms with Gasteiger partial charge >= 0.3 is 6.03 Å². The summed E-state index contributed by atoms with van der Waals surface area (Å²) in [7, 11) is 4.10. The van der Waals surface area contributed by atoms with Gasteiger partial charge in [0, 0.05) is 73.8 Å². The molecule has 5 aromatic rings. The smallest absolute Gasteiger partial charge is 0.325 e. The number of carbonyl (C=O) groups excluding carboxylic acids is 4. The number of anilines is 2. The van der Waals surface area contributed by atoms with Gasteiger partial charge in [-0.05, 0) is 105 Å². The molecule has 1 saturated heterocycles. The molecule has 14 nitrogen and oxygen atoms in total. The number of benzene rings is 4. The van der Waals surface area contributed by atoms with Gasteiger partial charge in [0.1, 0.15) is 24.1 Å². The summed E-state index contributed by atoms with van der Waals surface area (Å²) >= 11 is 4.79. The zero-order chi connectivity index (χ0) is 46.3. The van der Waals surface area contributed by atoms with E-state index in [2.05, 4.69) is 53.7 Å². The van der Waals surface area contributed by atoms with Gasteiger partial charge in [0.15, 0.2) is 5.13 Å². The number of urea groups is 1. The molecule has 348 valence electrons. The number of piperazine rings is 1. The molecule has 2 heterocycles. The summed E-state index contributed by atoms with van der Waals surface area (Å²) in [6.07, 6.45) is 3.69. The van der Waals surface area contributed by atoms with Crippen molar-refractivity contribution in [1.29, 1.82) is 0 Å². The third-order valence-electron chi connectivity index (χ3n) is 11.6. The number of hydrogen-bond acceptors (Lipinski definition) is 10. The lowest BCUT2D eigenvalue weighted by Gasteiger charge is -2.32. The van der Waals surface area contributed by atoms with Gasteiger partial charge in [0.25, 0.3) is 0 Å². The van der Waals surface area contributed by atoms with Crippen LogP contribution < -0.4 is 25.4 Å². The van der Waals surface area contributed by atoms with Crippen LogP contribution in [0.25, 0.3) is 0 Å². The second kappa shape index (κ2) is 24.1. The van der Waals surface area contributed by atoms with Crippen LogP contribution in [0.1, 0.15) is 54.1 Å². The van der Waals surface area contributed by atoms with Crippen molar-refractivity contribution < 1.29 is 28.7 Å². The highest BCUT2D eigenvalue weighted by Gasteiger charge is 2.41. The van der Waals surface area contributed by atoms with Gasteiger partial charge in [-0.15, -0.1) is 11.3 Å². The predicted octanol–water partition coefficient (Wildman–Crippen LogP) is 7.63. The Morgan fingerprint density at radius 2 is 1.50 bits per heavy atom. The SMILES string of the molecule is CN(CCCOc1ccc(CCC(=O)N(C2CC2)C(C(=O)NCc2ccccc2)c2ccc(Br)cc2)cc1)CCOc1ccc(NC(=O)Nc2nc(CC(=O)N3CCN(C)CC3)cs2)cc1. The maximum atomic E-state index is 13.9. The number of halogens is 1. The first-order chi connectivity index (χ1) is 32.1. The molecular weight excluding hydrogens is 921 g/mol. The van der Waals surface area contributed by atoms with Crippen molar-refractivity contribution >= 4 is 61.8 Å². The normalized spacial score (nSPS) is 14.3. The van der Waals surface area contributed by atoms with Gasteiger partial charge in [-0.25, -0.2) is 9.78 Å². The predicted molar refractivity (Wildman–Crippen MR) is 262 cm³/mol. The number of hydrogen-bond donors (Lipinski definition) is 3. The Kier molecular flexibility index (Phi) is 17.6. The maximum absolute atomic E-state index is 13.9. The van der Waals surface area contributed by atoms with Crippen LogP contribution in [0.2, 0.25) is 0 Å². The Hall–Kier alpha value is -5.81. The fourth-order valence-electron chi connectivity index (χ4n) is 7.63. The van der Waals surface area contributed by atoms with Crippen LogP contribution in [-0.2, 0) is 33.8 Å². The summed E-state index contributed by atoms with van der Waals surface area (Å²) in [6, 6.07) is 31.5. The summed E-state index contributed by atoms with van der Waals surface area (Å²) in [5.41, 5.74) is 4.09. The van der Waals surface area contributed by atoms with Gasteiger partial charge in [-0.1, -0.05) is 70.5 Å². The fraction of sp³-hybridized carbons (Fsp3) is 0.380. The van der Waals surface area contributed by atoms with E-state index in [-0.39, 0.29) is 30.2 Å². The molecule has 16 heteroatoms. The Morgan fingerprint density at radius 3 is 2.20 bits per heavy atom. The van der Waals surface area contributed by atoms with E-state index >= 15 is 0 Å². The van der Waals surface area contributed by atoms with Crippen molar-refractivity contribution in [1.82, 2.24) is 29.9 Å². The quantitative estimate of drug-likeness (QED) is 0.0596. The minimum atomic E-state index is -0.711. The van der Waals surface area contributed by atoms with Crippen LogP contribution in [0.4, 0.5) is 15.6 Å². The van der Waals surface area contributed by atoms with Crippen LogP contribution in [-0.4, -0.2) is 121 Å². The number of nitrogens with one attached hydrogen (secondary N) is 3. The van der Waals surface area contributed by atoms with E-state index in [4.69, 9.17) is 9.47 Å². The molecule has 0 bridgehead atoms. The number of likely N-dealkylation sites (N-methyl/N-ethyl adjacent to an activating group) is 2. The number of nitrogens with zero attached hydrogens (tertiary/aromatic N) is 5. The molecule has 4 aromatic carbocycles. The van der Waals surface area contributed by atoms with Crippen LogP contribution in [0.3, 0.4) is 0 Å². The van der Waals surface area contributed by atoms with Gasteiger partial charge in [-0.2, -0.15) is 0 Å². The topological polar surface area (TPSA) is 149 Å². The monoisotopic (exact) mass is 978 g/mol. The number of rotatable bonds is 22. The molecule has 7 rings (SSSR count). The van der Waals surface area contributed by atoms with Crippen molar-refractivity contribution in [3.8, 4) is 11.5 Å².